The molecule has 9 heteroatoms. The van der Waals surface area contributed by atoms with E-state index in [4.69, 9.17) is 5.11 Å². The maximum atomic E-state index is 12.1. The molecule has 0 unspecified atom stereocenters. The molecular formula is C11H15NO6S2. The van der Waals surface area contributed by atoms with Gasteiger partial charge in [0.2, 0.25) is 10.0 Å². The molecule has 1 aromatic heterocycles. The molecule has 0 saturated carbocycles. The number of hydrogen-bond donors (Lipinski definition) is 2. The van der Waals surface area contributed by atoms with Crippen molar-refractivity contribution in [1.82, 2.24) is 4.72 Å². The van der Waals surface area contributed by atoms with Crippen LogP contribution in [-0.2, 0) is 24.3 Å². The summed E-state index contributed by atoms with van der Waals surface area (Å²) in [6.07, 6.45) is -0.576. The van der Waals surface area contributed by atoms with Crippen molar-refractivity contribution in [1.29, 1.82) is 0 Å². The van der Waals surface area contributed by atoms with Crippen molar-refractivity contribution < 1.29 is 27.9 Å². The van der Waals surface area contributed by atoms with Crippen LogP contribution in [0.2, 0.25) is 0 Å². The van der Waals surface area contributed by atoms with Gasteiger partial charge in [0.05, 0.1) is 18.4 Å². The van der Waals surface area contributed by atoms with Gasteiger partial charge in [0.1, 0.15) is 6.04 Å². The summed E-state index contributed by atoms with van der Waals surface area (Å²) in [6.45, 7) is 3.38. The standard InChI is InChI=1S/C11H15NO6S2/c1-6-4-9(7(2)19-6)20(16,17)12-8(11(14)15)5-10(13)18-3/h4,8,12H,5H2,1-3H3,(H,14,15)/t8-/m0/s1. The highest BCUT2D eigenvalue weighted by Crippen LogP contribution is 2.25. The topological polar surface area (TPSA) is 110 Å². The number of aryl methyl sites for hydroxylation is 2. The summed E-state index contributed by atoms with van der Waals surface area (Å²) in [5.74, 6) is -2.25. The Labute approximate surface area is 120 Å². The van der Waals surface area contributed by atoms with E-state index in [2.05, 4.69) is 4.74 Å². The number of esters is 1. The molecule has 0 spiro atoms. The Balaban J connectivity index is 3.00. The molecule has 112 valence electrons. The molecule has 7 nitrogen and oxygen atoms in total. The summed E-state index contributed by atoms with van der Waals surface area (Å²) >= 11 is 1.29. The third-order valence-corrected chi connectivity index (χ3v) is 5.17. The Bertz CT molecular complexity index is 619. The normalized spacial score (nSPS) is 12.9. The number of carboxylic acids is 1. The lowest BCUT2D eigenvalue weighted by Crippen LogP contribution is -2.42. The molecule has 0 radical (unpaired) electrons. The van der Waals surface area contributed by atoms with Gasteiger partial charge in [-0.3, -0.25) is 9.59 Å². The van der Waals surface area contributed by atoms with Gasteiger partial charge >= 0.3 is 11.9 Å². The first-order chi connectivity index (χ1) is 9.17. The van der Waals surface area contributed by atoms with E-state index in [0.29, 0.717) is 4.88 Å². The Hall–Kier alpha value is -1.45. The van der Waals surface area contributed by atoms with Crippen molar-refractivity contribution in [3.8, 4) is 0 Å². The van der Waals surface area contributed by atoms with Crippen LogP contribution in [0.3, 0.4) is 0 Å². The highest BCUT2D eigenvalue weighted by molar-refractivity contribution is 7.89. The fraction of sp³-hybridized carbons (Fsp3) is 0.455. The number of sulfonamides is 1. The van der Waals surface area contributed by atoms with E-state index in [-0.39, 0.29) is 4.90 Å². The minimum absolute atomic E-state index is 0.0242. The molecule has 0 aromatic carbocycles. The molecule has 0 bridgehead atoms. The lowest BCUT2D eigenvalue weighted by molar-refractivity contribution is -0.147. The molecule has 20 heavy (non-hydrogen) atoms. The van der Waals surface area contributed by atoms with Crippen LogP contribution in [0.1, 0.15) is 16.2 Å². The molecule has 0 fully saturated rings. The van der Waals surface area contributed by atoms with E-state index in [9.17, 15) is 18.0 Å². The van der Waals surface area contributed by atoms with E-state index < -0.39 is 34.4 Å². The Morgan fingerprint density at radius 3 is 2.45 bits per heavy atom. The number of ether oxygens (including phenoxy) is 1. The summed E-state index contributed by atoms with van der Waals surface area (Å²) < 4.78 is 30.6. The first-order valence-electron chi connectivity index (χ1n) is 5.56. The van der Waals surface area contributed by atoms with Crippen LogP contribution in [0.5, 0.6) is 0 Å². The molecule has 0 aliphatic heterocycles. The number of carboxylic acid groups (broad SMARTS) is 1. The maximum Gasteiger partial charge on any atom is 0.322 e. The van der Waals surface area contributed by atoms with Gasteiger partial charge in [0, 0.05) is 9.75 Å². The second-order valence-corrected chi connectivity index (χ2v) is 7.21. The number of nitrogens with one attached hydrogen (secondary N) is 1. The number of aliphatic carboxylic acids is 1. The van der Waals surface area contributed by atoms with Gasteiger partial charge < -0.3 is 9.84 Å². The van der Waals surface area contributed by atoms with Gasteiger partial charge in [-0.15, -0.1) is 11.3 Å². The zero-order chi connectivity index (χ0) is 15.5. The number of methoxy groups -OCH3 is 1. The summed E-state index contributed by atoms with van der Waals surface area (Å²) in [7, 11) is -2.90. The molecule has 1 heterocycles. The van der Waals surface area contributed by atoms with Crippen LogP contribution in [0, 0.1) is 13.8 Å². The van der Waals surface area contributed by atoms with Crippen LogP contribution in [-0.4, -0.2) is 38.6 Å². The number of hydrogen-bond acceptors (Lipinski definition) is 6. The van der Waals surface area contributed by atoms with E-state index in [1.807, 2.05) is 4.72 Å². The minimum atomic E-state index is -4.00. The minimum Gasteiger partial charge on any atom is -0.480 e. The molecule has 1 atom stereocenters. The molecule has 2 N–H and O–H groups in total. The first kappa shape index (κ1) is 16.6. The van der Waals surface area contributed by atoms with Crippen molar-refractivity contribution >= 4 is 33.3 Å². The summed E-state index contributed by atoms with van der Waals surface area (Å²) in [5.41, 5.74) is 0. The van der Waals surface area contributed by atoms with Crippen molar-refractivity contribution in [2.24, 2.45) is 0 Å². The summed E-state index contributed by atoms with van der Waals surface area (Å²) in [4.78, 5) is 23.5. The second-order valence-electron chi connectivity index (χ2n) is 4.07. The molecular weight excluding hydrogens is 306 g/mol. The number of carbonyl (C=O) groups excluding carboxylic acids is 1. The van der Waals surface area contributed by atoms with Crippen LogP contribution < -0.4 is 4.72 Å². The Morgan fingerprint density at radius 2 is 2.05 bits per heavy atom. The molecule has 0 saturated heterocycles. The van der Waals surface area contributed by atoms with Crippen molar-refractivity contribution in [3.05, 3.63) is 15.8 Å². The van der Waals surface area contributed by atoms with Crippen LogP contribution in [0.25, 0.3) is 0 Å². The largest absolute Gasteiger partial charge is 0.480 e. The van der Waals surface area contributed by atoms with Gasteiger partial charge in [-0.25, -0.2) is 8.42 Å². The van der Waals surface area contributed by atoms with Crippen LogP contribution in [0.4, 0.5) is 0 Å². The lowest BCUT2D eigenvalue weighted by Gasteiger charge is -2.13. The van der Waals surface area contributed by atoms with Gasteiger partial charge in [0.15, 0.2) is 0 Å². The van der Waals surface area contributed by atoms with Crippen LogP contribution in [0.15, 0.2) is 11.0 Å². The van der Waals surface area contributed by atoms with Crippen LogP contribution >= 0.6 is 11.3 Å². The average molecular weight is 321 g/mol. The fourth-order valence-electron chi connectivity index (χ4n) is 1.55. The molecule has 0 aliphatic rings. The Kier molecular flexibility index (Phi) is 5.26. The predicted octanol–water partition coefficient (Wildman–Crippen LogP) is 0.660. The lowest BCUT2D eigenvalue weighted by atomic mass is 10.2. The average Bonchev–Trinajstić information content (AvgIpc) is 2.67. The third kappa shape index (κ3) is 4.02. The summed E-state index contributed by atoms with van der Waals surface area (Å²) in [6, 6.07) is -0.105. The second kappa shape index (κ2) is 6.33. The van der Waals surface area contributed by atoms with E-state index in [1.165, 1.54) is 17.4 Å². The molecule has 0 amide bonds. The monoisotopic (exact) mass is 321 g/mol. The predicted molar refractivity (Wildman–Crippen MR) is 72.2 cm³/mol. The zero-order valence-corrected chi connectivity index (χ0v) is 12.8. The molecule has 1 rings (SSSR count). The van der Waals surface area contributed by atoms with Gasteiger partial charge in [-0.2, -0.15) is 4.72 Å². The smallest absolute Gasteiger partial charge is 0.322 e. The summed E-state index contributed by atoms with van der Waals surface area (Å²) in [5, 5.41) is 8.97. The van der Waals surface area contributed by atoms with Crippen molar-refractivity contribution in [3.63, 3.8) is 0 Å². The number of thiophene rings is 1. The fourth-order valence-corrected chi connectivity index (χ4v) is 4.30. The Morgan fingerprint density at radius 1 is 1.45 bits per heavy atom. The van der Waals surface area contributed by atoms with E-state index in [0.717, 1.165) is 12.0 Å². The number of rotatable bonds is 6. The number of carbonyl (C=O) groups is 2. The zero-order valence-electron chi connectivity index (χ0n) is 11.2. The quantitative estimate of drug-likeness (QED) is 0.745. The highest BCUT2D eigenvalue weighted by atomic mass is 32.2. The maximum absolute atomic E-state index is 12.1. The highest BCUT2D eigenvalue weighted by Gasteiger charge is 2.29. The SMILES string of the molecule is COC(=O)C[C@H](NS(=O)(=O)c1cc(C)sc1C)C(=O)O. The van der Waals surface area contributed by atoms with E-state index in [1.54, 1.807) is 13.8 Å². The van der Waals surface area contributed by atoms with Gasteiger partial charge in [0.25, 0.3) is 0 Å². The molecule has 0 aliphatic carbocycles. The van der Waals surface area contributed by atoms with E-state index >= 15 is 0 Å². The van der Waals surface area contributed by atoms with Gasteiger partial charge in [-0.1, -0.05) is 0 Å². The van der Waals surface area contributed by atoms with Crippen molar-refractivity contribution in [2.75, 3.05) is 7.11 Å². The third-order valence-electron chi connectivity index (χ3n) is 2.48. The molecule has 1 aromatic rings. The first-order valence-corrected chi connectivity index (χ1v) is 7.86. The van der Waals surface area contributed by atoms with Crippen molar-refractivity contribution in [2.45, 2.75) is 31.2 Å². The van der Waals surface area contributed by atoms with Gasteiger partial charge in [-0.05, 0) is 19.9 Å².